The Balaban J connectivity index is 1.91. The molecular weight excluding hydrogens is 346 g/mol. The van der Waals surface area contributed by atoms with Gasteiger partial charge in [-0.05, 0) is 45.7 Å². The van der Waals surface area contributed by atoms with E-state index in [0.717, 1.165) is 16.5 Å². The SMILES string of the molecule is CC(C)(C)OC(=O)N1CCC(C)(OCc2ccccc2Br)C1. The molecule has 22 heavy (non-hydrogen) atoms. The van der Waals surface area contributed by atoms with Crippen LogP contribution in [0.25, 0.3) is 0 Å². The second-order valence-electron chi connectivity index (χ2n) is 6.98. The summed E-state index contributed by atoms with van der Waals surface area (Å²) in [5.74, 6) is 0. The molecule has 0 radical (unpaired) electrons. The first-order valence-electron chi connectivity index (χ1n) is 7.54. The molecule has 1 aliphatic rings. The third kappa shape index (κ3) is 4.71. The summed E-state index contributed by atoms with van der Waals surface area (Å²) in [5.41, 5.74) is 0.317. The number of hydrogen-bond donors (Lipinski definition) is 0. The average Bonchev–Trinajstić information content (AvgIpc) is 2.79. The van der Waals surface area contributed by atoms with E-state index in [0.29, 0.717) is 19.7 Å². The maximum Gasteiger partial charge on any atom is 0.410 e. The molecule has 0 bridgehead atoms. The first kappa shape index (κ1) is 17.3. The van der Waals surface area contributed by atoms with Gasteiger partial charge < -0.3 is 14.4 Å². The average molecular weight is 370 g/mol. The van der Waals surface area contributed by atoms with Crippen LogP contribution in [0.2, 0.25) is 0 Å². The second-order valence-corrected chi connectivity index (χ2v) is 7.84. The smallest absolute Gasteiger partial charge is 0.410 e. The van der Waals surface area contributed by atoms with Crippen molar-refractivity contribution < 1.29 is 14.3 Å². The van der Waals surface area contributed by atoms with E-state index in [4.69, 9.17) is 9.47 Å². The summed E-state index contributed by atoms with van der Waals surface area (Å²) in [6, 6.07) is 8.01. The second kappa shape index (κ2) is 6.59. The zero-order valence-electron chi connectivity index (χ0n) is 13.7. The molecule has 1 saturated heterocycles. The van der Waals surface area contributed by atoms with Crippen LogP contribution in [-0.4, -0.2) is 35.3 Å². The monoisotopic (exact) mass is 369 g/mol. The van der Waals surface area contributed by atoms with Gasteiger partial charge in [0.2, 0.25) is 0 Å². The molecule has 1 aromatic carbocycles. The van der Waals surface area contributed by atoms with Gasteiger partial charge in [0, 0.05) is 11.0 Å². The molecule has 0 aromatic heterocycles. The van der Waals surface area contributed by atoms with Gasteiger partial charge in [-0.15, -0.1) is 0 Å². The molecule has 122 valence electrons. The molecule has 5 heteroatoms. The van der Waals surface area contributed by atoms with E-state index in [2.05, 4.69) is 15.9 Å². The van der Waals surface area contributed by atoms with Crippen molar-refractivity contribution in [2.45, 2.75) is 51.9 Å². The van der Waals surface area contributed by atoms with Crippen LogP contribution >= 0.6 is 15.9 Å². The molecule has 1 aliphatic heterocycles. The number of benzene rings is 1. The first-order valence-corrected chi connectivity index (χ1v) is 8.33. The fourth-order valence-electron chi connectivity index (χ4n) is 2.40. The van der Waals surface area contributed by atoms with Gasteiger partial charge in [-0.3, -0.25) is 0 Å². The summed E-state index contributed by atoms with van der Waals surface area (Å²) >= 11 is 3.53. The van der Waals surface area contributed by atoms with Crippen molar-refractivity contribution in [2.75, 3.05) is 13.1 Å². The zero-order chi connectivity index (χ0) is 16.4. The first-order chi connectivity index (χ1) is 10.2. The van der Waals surface area contributed by atoms with Gasteiger partial charge in [0.05, 0.1) is 18.8 Å². The van der Waals surface area contributed by atoms with Gasteiger partial charge in [-0.1, -0.05) is 34.1 Å². The number of nitrogens with zero attached hydrogens (tertiary/aromatic N) is 1. The minimum Gasteiger partial charge on any atom is -0.444 e. The normalized spacial score (nSPS) is 22.0. The minimum atomic E-state index is -0.466. The maximum absolute atomic E-state index is 12.1. The molecule has 1 heterocycles. The summed E-state index contributed by atoms with van der Waals surface area (Å²) in [5, 5.41) is 0. The Morgan fingerprint density at radius 2 is 2.05 bits per heavy atom. The number of ether oxygens (including phenoxy) is 2. The summed E-state index contributed by atoms with van der Waals surface area (Å²) in [6.07, 6.45) is 0.553. The van der Waals surface area contributed by atoms with Crippen LogP contribution in [-0.2, 0) is 16.1 Å². The molecule has 0 saturated carbocycles. The molecule has 1 aromatic rings. The number of rotatable bonds is 3. The van der Waals surface area contributed by atoms with E-state index in [-0.39, 0.29) is 11.7 Å². The Bertz CT molecular complexity index is 541. The van der Waals surface area contributed by atoms with Crippen molar-refractivity contribution in [3.63, 3.8) is 0 Å². The highest BCUT2D eigenvalue weighted by Gasteiger charge is 2.38. The molecular formula is C17H24BrNO3. The van der Waals surface area contributed by atoms with Crippen LogP contribution in [0, 0.1) is 0 Å². The van der Waals surface area contributed by atoms with E-state index < -0.39 is 5.60 Å². The Kier molecular flexibility index (Phi) is 5.17. The maximum atomic E-state index is 12.1. The van der Waals surface area contributed by atoms with E-state index in [1.54, 1.807) is 4.90 Å². The van der Waals surface area contributed by atoms with E-state index in [1.807, 2.05) is 52.0 Å². The lowest BCUT2D eigenvalue weighted by Gasteiger charge is -2.27. The van der Waals surface area contributed by atoms with Gasteiger partial charge in [0.25, 0.3) is 0 Å². The summed E-state index contributed by atoms with van der Waals surface area (Å²) < 4.78 is 12.6. The molecule has 1 fully saturated rings. The Morgan fingerprint density at radius 1 is 1.36 bits per heavy atom. The predicted molar refractivity (Wildman–Crippen MR) is 89.8 cm³/mol. The fourth-order valence-corrected chi connectivity index (χ4v) is 2.80. The summed E-state index contributed by atoms with van der Waals surface area (Å²) in [6.45, 7) is 9.44. The molecule has 2 rings (SSSR count). The van der Waals surface area contributed by atoms with Crippen LogP contribution in [0.5, 0.6) is 0 Å². The molecule has 1 unspecified atom stereocenters. The molecule has 0 aliphatic carbocycles. The number of likely N-dealkylation sites (tertiary alicyclic amines) is 1. The molecule has 1 atom stereocenters. The number of carbonyl (C=O) groups excluding carboxylic acids is 1. The standard InChI is InChI=1S/C17H24BrNO3/c1-16(2,3)22-15(20)19-10-9-17(4,12-19)21-11-13-7-5-6-8-14(13)18/h5-8H,9-12H2,1-4H3. The Morgan fingerprint density at radius 3 is 2.68 bits per heavy atom. The fraction of sp³-hybridized carbons (Fsp3) is 0.588. The number of amides is 1. The van der Waals surface area contributed by atoms with Crippen LogP contribution in [0.1, 0.15) is 39.7 Å². The van der Waals surface area contributed by atoms with E-state index in [1.165, 1.54) is 0 Å². The van der Waals surface area contributed by atoms with Crippen molar-refractivity contribution in [3.05, 3.63) is 34.3 Å². The topological polar surface area (TPSA) is 38.8 Å². The summed E-state index contributed by atoms with van der Waals surface area (Å²) in [7, 11) is 0. The molecule has 0 spiro atoms. The van der Waals surface area contributed by atoms with Crippen LogP contribution < -0.4 is 0 Å². The molecule has 1 amide bonds. The van der Waals surface area contributed by atoms with E-state index in [9.17, 15) is 4.79 Å². The number of carbonyl (C=O) groups is 1. The lowest BCUT2D eigenvalue weighted by atomic mass is 10.1. The third-order valence-corrected chi connectivity index (χ3v) is 4.40. The predicted octanol–water partition coefficient (Wildman–Crippen LogP) is 4.37. The largest absolute Gasteiger partial charge is 0.444 e. The highest BCUT2D eigenvalue weighted by Crippen LogP contribution is 2.28. The van der Waals surface area contributed by atoms with Crippen molar-refractivity contribution in [1.82, 2.24) is 4.90 Å². The Labute approximate surface area is 140 Å². The lowest BCUT2D eigenvalue weighted by Crippen LogP contribution is -2.39. The Hall–Kier alpha value is -1.07. The van der Waals surface area contributed by atoms with Gasteiger partial charge >= 0.3 is 6.09 Å². The quantitative estimate of drug-likeness (QED) is 0.793. The highest BCUT2D eigenvalue weighted by atomic mass is 79.9. The van der Waals surface area contributed by atoms with Crippen LogP contribution in [0.3, 0.4) is 0 Å². The van der Waals surface area contributed by atoms with Crippen molar-refractivity contribution >= 4 is 22.0 Å². The van der Waals surface area contributed by atoms with Gasteiger partial charge in [-0.2, -0.15) is 0 Å². The highest BCUT2D eigenvalue weighted by molar-refractivity contribution is 9.10. The van der Waals surface area contributed by atoms with Crippen molar-refractivity contribution in [1.29, 1.82) is 0 Å². The summed E-state index contributed by atoms with van der Waals surface area (Å²) in [4.78, 5) is 13.8. The van der Waals surface area contributed by atoms with Crippen molar-refractivity contribution in [3.8, 4) is 0 Å². The molecule has 4 nitrogen and oxygen atoms in total. The number of halogens is 1. The zero-order valence-corrected chi connectivity index (χ0v) is 15.3. The minimum absolute atomic E-state index is 0.263. The van der Waals surface area contributed by atoms with Gasteiger partial charge in [-0.25, -0.2) is 4.79 Å². The van der Waals surface area contributed by atoms with Crippen molar-refractivity contribution in [2.24, 2.45) is 0 Å². The van der Waals surface area contributed by atoms with Crippen LogP contribution in [0.15, 0.2) is 28.7 Å². The number of hydrogen-bond acceptors (Lipinski definition) is 3. The van der Waals surface area contributed by atoms with Crippen LogP contribution in [0.4, 0.5) is 4.79 Å². The van der Waals surface area contributed by atoms with Gasteiger partial charge in [0.15, 0.2) is 0 Å². The molecule has 0 N–H and O–H groups in total. The lowest BCUT2D eigenvalue weighted by molar-refractivity contribution is -0.0376. The third-order valence-electron chi connectivity index (χ3n) is 3.62. The van der Waals surface area contributed by atoms with E-state index >= 15 is 0 Å². The van der Waals surface area contributed by atoms with Gasteiger partial charge in [0.1, 0.15) is 5.60 Å².